The molecule has 0 bridgehead atoms. The average molecular weight is 246 g/mol. The first-order valence-corrected chi connectivity index (χ1v) is 6.07. The third-order valence-corrected chi connectivity index (χ3v) is 3.30. The minimum Gasteiger partial charge on any atom is -0.326 e. The van der Waals surface area contributed by atoms with E-state index in [-0.39, 0.29) is 23.1 Å². The second kappa shape index (κ2) is 4.44. The lowest BCUT2D eigenvalue weighted by Crippen LogP contribution is -2.16. The standard InChI is InChI=1S/C14H18N2O2/c1-9(17)15-10-4-6-11(7-5-10)16-13(18)12-8-14(12,2)3/h4-7,12H,8H2,1-3H3,(H,15,17)(H,16,18)/t12-/m0/s1. The van der Waals surface area contributed by atoms with Crippen LogP contribution >= 0.6 is 0 Å². The summed E-state index contributed by atoms with van der Waals surface area (Å²) in [6.07, 6.45) is 0.947. The van der Waals surface area contributed by atoms with Crippen LogP contribution in [0.1, 0.15) is 27.2 Å². The molecule has 0 aromatic heterocycles. The molecule has 1 aliphatic rings. The first-order chi connectivity index (χ1) is 8.38. The normalized spacial score (nSPS) is 20.1. The maximum Gasteiger partial charge on any atom is 0.228 e. The van der Waals surface area contributed by atoms with Crippen molar-refractivity contribution in [3.05, 3.63) is 24.3 Å². The van der Waals surface area contributed by atoms with E-state index < -0.39 is 0 Å². The van der Waals surface area contributed by atoms with Crippen molar-refractivity contribution in [2.45, 2.75) is 27.2 Å². The molecule has 1 aromatic carbocycles. The lowest BCUT2D eigenvalue weighted by Gasteiger charge is -2.07. The van der Waals surface area contributed by atoms with Crippen LogP contribution < -0.4 is 10.6 Å². The molecule has 0 aliphatic heterocycles. The fourth-order valence-electron chi connectivity index (χ4n) is 1.98. The first kappa shape index (κ1) is 12.6. The molecule has 18 heavy (non-hydrogen) atoms. The highest BCUT2D eigenvalue weighted by Crippen LogP contribution is 2.51. The first-order valence-electron chi connectivity index (χ1n) is 6.07. The van der Waals surface area contributed by atoms with Gasteiger partial charge in [0.15, 0.2) is 0 Å². The number of hydrogen-bond acceptors (Lipinski definition) is 2. The monoisotopic (exact) mass is 246 g/mol. The van der Waals surface area contributed by atoms with Crippen molar-refractivity contribution >= 4 is 23.2 Å². The zero-order valence-electron chi connectivity index (χ0n) is 10.9. The molecular formula is C14H18N2O2. The minimum absolute atomic E-state index is 0.0762. The van der Waals surface area contributed by atoms with E-state index in [0.717, 1.165) is 17.8 Å². The summed E-state index contributed by atoms with van der Waals surface area (Å²) in [5.41, 5.74) is 1.63. The van der Waals surface area contributed by atoms with Gasteiger partial charge < -0.3 is 10.6 Å². The molecule has 96 valence electrons. The van der Waals surface area contributed by atoms with Crippen molar-refractivity contribution < 1.29 is 9.59 Å². The highest BCUT2D eigenvalue weighted by atomic mass is 16.2. The number of carbonyl (C=O) groups excluding carboxylic acids is 2. The number of amides is 2. The van der Waals surface area contributed by atoms with Gasteiger partial charge in [-0.2, -0.15) is 0 Å². The Morgan fingerprint density at radius 2 is 1.56 bits per heavy atom. The van der Waals surface area contributed by atoms with E-state index in [9.17, 15) is 9.59 Å². The molecule has 4 heteroatoms. The minimum atomic E-state index is -0.105. The van der Waals surface area contributed by atoms with Crippen LogP contribution in [0, 0.1) is 11.3 Å². The summed E-state index contributed by atoms with van der Waals surface area (Å²) in [4.78, 5) is 22.7. The van der Waals surface area contributed by atoms with Crippen LogP contribution in [-0.2, 0) is 9.59 Å². The summed E-state index contributed by atoms with van der Waals surface area (Å²) in [7, 11) is 0. The molecule has 1 atom stereocenters. The molecule has 4 nitrogen and oxygen atoms in total. The second-order valence-electron chi connectivity index (χ2n) is 5.49. The lowest BCUT2D eigenvalue weighted by molar-refractivity contribution is -0.118. The number of rotatable bonds is 3. The number of benzene rings is 1. The Bertz CT molecular complexity index is 477. The Hall–Kier alpha value is -1.84. The smallest absolute Gasteiger partial charge is 0.228 e. The predicted octanol–water partition coefficient (Wildman–Crippen LogP) is 2.63. The largest absolute Gasteiger partial charge is 0.326 e. The molecule has 2 amide bonds. The molecule has 1 aliphatic carbocycles. The Kier molecular flexibility index (Phi) is 3.11. The maximum atomic E-state index is 11.9. The lowest BCUT2D eigenvalue weighted by atomic mass is 10.1. The highest BCUT2D eigenvalue weighted by Gasteiger charge is 2.50. The molecule has 0 spiro atoms. The van der Waals surface area contributed by atoms with E-state index in [2.05, 4.69) is 24.5 Å². The SMILES string of the molecule is CC(=O)Nc1ccc(NC(=O)[C@@H]2CC2(C)C)cc1. The van der Waals surface area contributed by atoms with Crippen molar-refractivity contribution in [3.8, 4) is 0 Å². The molecule has 2 rings (SSSR count). The van der Waals surface area contributed by atoms with Crippen molar-refractivity contribution in [3.63, 3.8) is 0 Å². The van der Waals surface area contributed by atoms with E-state index in [4.69, 9.17) is 0 Å². The quantitative estimate of drug-likeness (QED) is 0.861. The van der Waals surface area contributed by atoms with Crippen molar-refractivity contribution in [1.29, 1.82) is 0 Å². The highest BCUT2D eigenvalue weighted by molar-refractivity contribution is 5.95. The summed E-state index contributed by atoms with van der Waals surface area (Å²) in [6.45, 7) is 5.65. The van der Waals surface area contributed by atoms with Gasteiger partial charge >= 0.3 is 0 Å². The second-order valence-corrected chi connectivity index (χ2v) is 5.49. The summed E-state index contributed by atoms with van der Waals surface area (Å²) >= 11 is 0. The predicted molar refractivity (Wildman–Crippen MR) is 71.3 cm³/mol. The molecule has 1 saturated carbocycles. The fourth-order valence-corrected chi connectivity index (χ4v) is 1.98. The maximum absolute atomic E-state index is 11.9. The van der Waals surface area contributed by atoms with E-state index >= 15 is 0 Å². The molecule has 0 radical (unpaired) electrons. The van der Waals surface area contributed by atoms with E-state index in [1.165, 1.54) is 6.92 Å². The van der Waals surface area contributed by atoms with Crippen molar-refractivity contribution in [2.24, 2.45) is 11.3 Å². The number of hydrogen-bond donors (Lipinski definition) is 2. The molecule has 0 heterocycles. The van der Waals surface area contributed by atoms with Gasteiger partial charge in [-0.15, -0.1) is 0 Å². The third-order valence-electron chi connectivity index (χ3n) is 3.30. The summed E-state index contributed by atoms with van der Waals surface area (Å²) in [5, 5.41) is 5.57. The van der Waals surface area contributed by atoms with Gasteiger partial charge in [-0.05, 0) is 36.1 Å². The van der Waals surface area contributed by atoms with Gasteiger partial charge in [-0.1, -0.05) is 13.8 Å². The topological polar surface area (TPSA) is 58.2 Å². The van der Waals surface area contributed by atoms with Gasteiger partial charge in [0.1, 0.15) is 0 Å². The Balaban J connectivity index is 1.94. The van der Waals surface area contributed by atoms with Gasteiger partial charge in [0.2, 0.25) is 11.8 Å². The Labute approximate surface area is 107 Å². The van der Waals surface area contributed by atoms with Gasteiger partial charge in [-0.25, -0.2) is 0 Å². The third kappa shape index (κ3) is 2.88. The van der Waals surface area contributed by atoms with Gasteiger partial charge in [-0.3, -0.25) is 9.59 Å². The van der Waals surface area contributed by atoms with E-state index in [0.29, 0.717) is 0 Å². The Morgan fingerprint density at radius 3 is 1.94 bits per heavy atom. The summed E-state index contributed by atoms with van der Waals surface area (Å²) in [5.74, 6) is 0.0892. The zero-order valence-corrected chi connectivity index (χ0v) is 10.9. The molecule has 1 aromatic rings. The summed E-state index contributed by atoms with van der Waals surface area (Å²) in [6, 6.07) is 7.13. The van der Waals surface area contributed by atoms with E-state index in [1.54, 1.807) is 24.3 Å². The Morgan fingerprint density at radius 1 is 1.11 bits per heavy atom. The molecular weight excluding hydrogens is 228 g/mol. The van der Waals surface area contributed by atoms with Gasteiger partial charge in [0, 0.05) is 24.2 Å². The number of carbonyl (C=O) groups is 2. The zero-order chi connectivity index (χ0) is 13.3. The number of nitrogens with one attached hydrogen (secondary N) is 2. The molecule has 0 saturated heterocycles. The van der Waals surface area contributed by atoms with Crippen LogP contribution in [0.3, 0.4) is 0 Å². The van der Waals surface area contributed by atoms with Crippen molar-refractivity contribution in [2.75, 3.05) is 10.6 Å². The van der Waals surface area contributed by atoms with Crippen LogP contribution in [0.2, 0.25) is 0 Å². The summed E-state index contributed by atoms with van der Waals surface area (Å²) < 4.78 is 0. The van der Waals surface area contributed by atoms with Crippen LogP contribution in [0.25, 0.3) is 0 Å². The molecule has 1 fully saturated rings. The van der Waals surface area contributed by atoms with Crippen LogP contribution in [0.4, 0.5) is 11.4 Å². The van der Waals surface area contributed by atoms with Crippen LogP contribution in [0.5, 0.6) is 0 Å². The molecule has 2 N–H and O–H groups in total. The van der Waals surface area contributed by atoms with Crippen molar-refractivity contribution in [1.82, 2.24) is 0 Å². The van der Waals surface area contributed by atoms with Crippen LogP contribution in [-0.4, -0.2) is 11.8 Å². The average Bonchev–Trinajstić information content (AvgIpc) is 2.90. The van der Waals surface area contributed by atoms with Gasteiger partial charge in [0.25, 0.3) is 0 Å². The van der Waals surface area contributed by atoms with E-state index in [1.807, 2.05) is 0 Å². The van der Waals surface area contributed by atoms with Crippen LogP contribution in [0.15, 0.2) is 24.3 Å². The molecule has 0 unspecified atom stereocenters. The fraction of sp³-hybridized carbons (Fsp3) is 0.429. The number of anilines is 2. The van der Waals surface area contributed by atoms with Gasteiger partial charge in [0.05, 0.1) is 0 Å².